The number of halogens is 2. The number of aromatic nitrogens is 2. The number of sulfonamides is 1. The molecule has 4 aromatic rings. The van der Waals surface area contributed by atoms with Gasteiger partial charge < -0.3 is 14.2 Å². The van der Waals surface area contributed by atoms with Crippen LogP contribution in [0.5, 0.6) is 0 Å². The number of carbonyl (C=O) groups excluding carboxylic acids is 1. The van der Waals surface area contributed by atoms with Gasteiger partial charge in [0.15, 0.2) is 5.13 Å². The van der Waals surface area contributed by atoms with Crippen molar-refractivity contribution in [1.82, 2.24) is 14.9 Å². The number of hydrogen-bond donors (Lipinski definition) is 1. The van der Waals surface area contributed by atoms with E-state index in [1.807, 2.05) is 10.8 Å². The molecule has 1 saturated heterocycles. The number of nitrogens with one attached hydrogen (secondary N) is 1. The molecule has 2 aromatic heterocycles. The summed E-state index contributed by atoms with van der Waals surface area (Å²) in [5.41, 5.74) is 3.56. The van der Waals surface area contributed by atoms with Crippen molar-refractivity contribution in [2.24, 2.45) is 5.41 Å². The quantitative estimate of drug-likeness (QED) is 0.234. The first kappa shape index (κ1) is 28.1. The molecule has 1 aliphatic heterocycles. The normalized spacial score (nSPS) is 22.2. The van der Waals surface area contributed by atoms with Crippen molar-refractivity contribution >= 4 is 65.8 Å². The summed E-state index contributed by atoms with van der Waals surface area (Å²) < 4.78 is 38.0. The fourth-order valence-electron chi connectivity index (χ4n) is 6.12. The number of rotatable bonds is 8. The van der Waals surface area contributed by atoms with Gasteiger partial charge in [-0.15, -0.1) is 0 Å². The van der Waals surface area contributed by atoms with Crippen LogP contribution in [0.4, 0.5) is 5.13 Å². The summed E-state index contributed by atoms with van der Waals surface area (Å²) in [4.78, 5) is 19.4. The monoisotopic (exact) mass is 646 g/mol. The Hall–Kier alpha value is -2.70. The highest BCUT2D eigenvalue weighted by Crippen LogP contribution is 2.52. The zero-order chi connectivity index (χ0) is 29.2. The van der Waals surface area contributed by atoms with E-state index < -0.39 is 15.9 Å². The van der Waals surface area contributed by atoms with Crippen molar-refractivity contribution in [2.45, 2.75) is 50.7 Å². The maximum Gasteiger partial charge on any atom is 0.264 e. The van der Waals surface area contributed by atoms with Gasteiger partial charge in [-0.05, 0) is 67.9 Å². The zero-order valence-corrected chi connectivity index (χ0v) is 25.9. The summed E-state index contributed by atoms with van der Waals surface area (Å²) in [5.74, 6) is 0.614. The molecule has 3 aliphatic rings. The van der Waals surface area contributed by atoms with Crippen molar-refractivity contribution in [3.63, 3.8) is 0 Å². The number of carbonyl (C=O) groups is 1. The number of ether oxygens (including phenoxy) is 1. The van der Waals surface area contributed by atoms with Crippen LogP contribution in [0.1, 0.15) is 59.7 Å². The molecule has 0 radical (unpaired) electrons. The summed E-state index contributed by atoms with van der Waals surface area (Å²) in [6.45, 7) is 2.21. The Morgan fingerprint density at radius 2 is 1.98 bits per heavy atom. The number of hydrogen-bond acceptors (Lipinski definition) is 9. The highest BCUT2D eigenvalue weighted by atomic mass is 35.5. The number of anilines is 1. The standard InChI is InChI=1S/C29H28Cl2N4O5S2/c1-42(37,38)34-27(36)17-7-8-22-23(11-17)41-28(32-22)35-10-9-29(15-35)12-18(13-29)39-14-19-25(33-40-26(19)16-5-6-16)24-20(30)3-2-4-21(24)31/h2-4,7-8,11,16,18H,5-6,9-10,12-15H2,1H3,(H,34,36). The Morgan fingerprint density at radius 3 is 2.69 bits per heavy atom. The van der Waals surface area contributed by atoms with Gasteiger partial charge >= 0.3 is 0 Å². The summed E-state index contributed by atoms with van der Waals surface area (Å²) in [7, 11) is -3.63. The van der Waals surface area contributed by atoms with Crippen LogP contribution in [0.15, 0.2) is 40.9 Å². The molecule has 220 valence electrons. The molecule has 1 spiro atoms. The first-order chi connectivity index (χ1) is 20.1. The van der Waals surface area contributed by atoms with E-state index in [1.165, 1.54) is 11.3 Å². The predicted molar refractivity (Wildman–Crippen MR) is 163 cm³/mol. The minimum Gasteiger partial charge on any atom is -0.373 e. The van der Waals surface area contributed by atoms with Crippen molar-refractivity contribution in [3.8, 4) is 11.3 Å². The lowest BCUT2D eigenvalue weighted by Gasteiger charge is -2.44. The van der Waals surface area contributed by atoms with Gasteiger partial charge in [0, 0.05) is 35.7 Å². The lowest BCUT2D eigenvalue weighted by Crippen LogP contribution is -2.44. The van der Waals surface area contributed by atoms with Crippen LogP contribution >= 0.6 is 34.5 Å². The van der Waals surface area contributed by atoms with Crippen LogP contribution in [0, 0.1) is 5.41 Å². The zero-order valence-electron chi connectivity index (χ0n) is 22.7. The number of benzene rings is 2. The molecule has 0 bridgehead atoms. The molecule has 2 aromatic carbocycles. The molecule has 2 saturated carbocycles. The highest BCUT2D eigenvalue weighted by Gasteiger charge is 2.49. The molecule has 1 amide bonds. The topological polar surface area (TPSA) is 115 Å². The fraction of sp³-hybridized carbons (Fsp3) is 0.414. The molecule has 0 atom stereocenters. The van der Waals surface area contributed by atoms with Gasteiger partial charge in [0.2, 0.25) is 10.0 Å². The van der Waals surface area contributed by atoms with E-state index >= 15 is 0 Å². The predicted octanol–water partition coefficient (Wildman–Crippen LogP) is 6.40. The summed E-state index contributed by atoms with van der Waals surface area (Å²) in [6.07, 6.45) is 6.27. The molecule has 1 N–H and O–H groups in total. The second-order valence-electron chi connectivity index (χ2n) is 11.6. The van der Waals surface area contributed by atoms with E-state index in [0.717, 1.165) is 78.1 Å². The van der Waals surface area contributed by atoms with Crippen LogP contribution in [-0.2, 0) is 21.4 Å². The molecule has 3 heterocycles. The summed E-state index contributed by atoms with van der Waals surface area (Å²) in [5, 5.41) is 6.35. The molecular weight excluding hydrogens is 619 g/mol. The van der Waals surface area contributed by atoms with Gasteiger partial charge in [-0.3, -0.25) is 4.79 Å². The summed E-state index contributed by atoms with van der Waals surface area (Å²) in [6, 6.07) is 10.5. The van der Waals surface area contributed by atoms with E-state index in [2.05, 4.69) is 10.1 Å². The maximum atomic E-state index is 12.3. The van der Waals surface area contributed by atoms with Crippen molar-refractivity contribution < 1.29 is 22.5 Å². The third-order valence-electron chi connectivity index (χ3n) is 8.38. The smallest absolute Gasteiger partial charge is 0.264 e. The third-order valence-corrected chi connectivity index (χ3v) is 10.6. The first-order valence-electron chi connectivity index (χ1n) is 13.8. The molecule has 9 nitrogen and oxygen atoms in total. The van der Waals surface area contributed by atoms with Crippen LogP contribution in [0.25, 0.3) is 21.5 Å². The average Bonchev–Trinajstić information content (AvgIpc) is 3.32. The van der Waals surface area contributed by atoms with Crippen LogP contribution in [-0.4, -0.2) is 49.9 Å². The largest absolute Gasteiger partial charge is 0.373 e. The fourth-order valence-corrected chi connectivity index (χ4v) is 8.18. The van der Waals surface area contributed by atoms with Gasteiger partial charge in [0.1, 0.15) is 11.5 Å². The van der Waals surface area contributed by atoms with E-state index in [-0.39, 0.29) is 17.1 Å². The second-order valence-corrected chi connectivity index (χ2v) is 15.2. The lowest BCUT2D eigenvalue weighted by atomic mass is 9.66. The highest BCUT2D eigenvalue weighted by molar-refractivity contribution is 7.89. The number of nitrogens with zero attached hydrogens (tertiary/aromatic N) is 3. The van der Waals surface area contributed by atoms with Crippen molar-refractivity contribution in [2.75, 3.05) is 24.2 Å². The van der Waals surface area contributed by atoms with Crippen molar-refractivity contribution in [3.05, 3.63) is 63.3 Å². The van der Waals surface area contributed by atoms with Crippen LogP contribution in [0.2, 0.25) is 10.0 Å². The number of thiazole rings is 1. The Morgan fingerprint density at radius 1 is 1.21 bits per heavy atom. The Bertz CT molecular complexity index is 1790. The summed E-state index contributed by atoms with van der Waals surface area (Å²) >= 11 is 14.5. The molecule has 2 aliphatic carbocycles. The second kappa shape index (κ2) is 10.5. The molecular formula is C29H28Cl2N4O5S2. The number of fused-ring (bicyclic) bond motifs is 1. The molecule has 0 unspecified atom stereocenters. The van der Waals surface area contributed by atoms with E-state index in [0.29, 0.717) is 33.8 Å². The van der Waals surface area contributed by atoms with Gasteiger partial charge in [-0.25, -0.2) is 18.1 Å². The average molecular weight is 648 g/mol. The molecule has 42 heavy (non-hydrogen) atoms. The Kier molecular flexibility index (Phi) is 7.01. The van der Waals surface area contributed by atoms with Gasteiger partial charge in [-0.2, -0.15) is 0 Å². The van der Waals surface area contributed by atoms with E-state index in [1.54, 1.807) is 30.3 Å². The Labute approximate surface area is 257 Å². The first-order valence-corrected chi connectivity index (χ1v) is 17.3. The Balaban J connectivity index is 1.00. The van der Waals surface area contributed by atoms with Gasteiger partial charge in [0.25, 0.3) is 5.91 Å². The maximum absolute atomic E-state index is 12.3. The van der Waals surface area contributed by atoms with Crippen LogP contribution in [0.3, 0.4) is 0 Å². The van der Waals surface area contributed by atoms with E-state index in [4.69, 9.17) is 37.4 Å². The van der Waals surface area contributed by atoms with E-state index in [9.17, 15) is 13.2 Å². The molecule has 3 fully saturated rings. The van der Waals surface area contributed by atoms with Gasteiger partial charge in [0.05, 0.1) is 39.2 Å². The van der Waals surface area contributed by atoms with Crippen LogP contribution < -0.4 is 9.62 Å². The molecule has 7 rings (SSSR count). The van der Waals surface area contributed by atoms with Crippen molar-refractivity contribution in [1.29, 1.82) is 0 Å². The SMILES string of the molecule is CS(=O)(=O)NC(=O)c1ccc2nc(N3CCC4(CC(OCc5c(-c6c(Cl)cccc6Cl)noc5C5CC5)C4)C3)sc2c1. The minimum atomic E-state index is -3.63. The van der Waals surface area contributed by atoms with Gasteiger partial charge in [-0.1, -0.05) is 45.8 Å². The minimum absolute atomic E-state index is 0.146. The third kappa shape index (κ3) is 5.41. The number of amides is 1. The molecule has 13 heteroatoms. The lowest BCUT2D eigenvalue weighted by molar-refractivity contribution is -0.0796.